The third-order valence-electron chi connectivity index (χ3n) is 6.83. The average molecular weight is 517 g/mol. The first-order chi connectivity index (χ1) is 18.5. The molecule has 1 fully saturated rings. The molecule has 1 saturated heterocycles. The number of nitrogens with zero attached hydrogens (tertiary/aromatic N) is 5. The summed E-state index contributed by atoms with van der Waals surface area (Å²) < 4.78 is 5.70. The Hall–Kier alpha value is -3.86. The number of nitrogens with one attached hydrogen (secondary N) is 1. The van der Waals surface area contributed by atoms with E-state index in [1.165, 1.54) is 0 Å². The van der Waals surface area contributed by atoms with E-state index in [4.69, 9.17) is 4.74 Å². The molecule has 0 bridgehead atoms. The van der Waals surface area contributed by atoms with Crippen LogP contribution in [0, 0.1) is 5.92 Å². The number of aromatic nitrogens is 3. The number of benzene rings is 1. The van der Waals surface area contributed by atoms with Gasteiger partial charge in [0.25, 0.3) is 0 Å². The van der Waals surface area contributed by atoms with Crippen LogP contribution in [0.25, 0.3) is 17.5 Å². The van der Waals surface area contributed by atoms with Crippen LogP contribution in [0.3, 0.4) is 0 Å². The van der Waals surface area contributed by atoms with Crippen LogP contribution >= 0.6 is 0 Å². The molecule has 3 aromatic rings. The first kappa shape index (κ1) is 25.8. The van der Waals surface area contributed by atoms with Gasteiger partial charge in [-0.1, -0.05) is 6.07 Å². The Bertz CT molecular complexity index is 1320. The molecule has 1 aliphatic heterocycles. The summed E-state index contributed by atoms with van der Waals surface area (Å²) in [7, 11) is 2.08. The minimum atomic E-state index is -0.343. The van der Waals surface area contributed by atoms with Crippen LogP contribution in [0.5, 0.6) is 5.75 Å². The third kappa shape index (κ3) is 5.99. The lowest BCUT2D eigenvalue weighted by molar-refractivity contribution is -0.128. The summed E-state index contributed by atoms with van der Waals surface area (Å²) in [6.45, 7) is 3.23. The molecule has 2 aromatic heterocycles. The first-order valence-corrected chi connectivity index (χ1v) is 12.7. The van der Waals surface area contributed by atoms with Crippen molar-refractivity contribution in [2.45, 2.75) is 6.42 Å². The van der Waals surface area contributed by atoms with Gasteiger partial charge in [0.05, 0.1) is 31.2 Å². The summed E-state index contributed by atoms with van der Waals surface area (Å²) in [5.41, 5.74) is 5.05. The minimum absolute atomic E-state index is 0.127. The molecule has 3 N–H and O–H groups in total. The molecule has 3 heterocycles. The number of hydrogen-bond donors (Lipinski definition) is 3. The van der Waals surface area contributed by atoms with Crippen molar-refractivity contribution in [1.82, 2.24) is 24.8 Å². The molecule has 10 nitrogen and oxygen atoms in total. The summed E-state index contributed by atoms with van der Waals surface area (Å²) in [6, 6.07) is 11.3. The zero-order chi connectivity index (χ0) is 26.5. The molecule has 0 radical (unpaired) electrons. The molecule has 2 aliphatic rings. The number of ether oxygens (including phenoxy) is 1. The molecule has 1 amide bonds. The van der Waals surface area contributed by atoms with E-state index in [1.807, 2.05) is 29.2 Å². The average Bonchev–Trinajstić information content (AvgIpc) is 3.37. The maximum atomic E-state index is 13.0. The van der Waals surface area contributed by atoms with Crippen LogP contribution < -0.4 is 10.1 Å². The van der Waals surface area contributed by atoms with Gasteiger partial charge in [-0.15, -0.1) is 0 Å². The number of aliphatic hydroxyl groups is 2. The fraction of sp³-hybridized carbons (Fsp3) is 0.357. The van der Waals surface area contributed by atoms with Crippen LogP contribution in [-0.2, 0) is 11.2 Å². The van der Waals surface area contributed by atoms with E-state index in [1.54, 1.807) is 30.6 Å². The monoisotopic (exact) mass is 516 g/mol. The standard InChI is InChI=1S/C28H32N6O4/c1-33-8-10-34(11-9-33)27(37)22-12-20-2-3-23(14-21(20)13-22)31-28-30-7-5-25(32-28)26-15-24(4-6-29-26)38-18-19(16-35)17-36/h2-7,13-15,19,35-36H,8-12,16-18H2,1H3,(H,30,31,32). The fourth-order valence-corrected chi connectivity index (χ4v) is 4.47. The second-order valence-corrected chi connectivity index (χ2v) is 9.66. The van der Waals surface area contributed by atoms with Crippen molar-refractivity contribution in [3.05, 3.63) is 65.5 Å². The number of pyridine rings is 1. The van der Waals surface area contributed by atoms with Crippen LogP contribution in [0.15, 0.2) is 54.4 Å². The van der Waals surface area contributed by atoms with Crippen molar-refractivity contribution in [1.29, 1.82) is 0 Å². The molecular weight excluding hydrogens is 484 g/mol. The van der Waals surface area contributed by atoms with Crippen molar-refractivity contribution in [2.75, 3.05) is 58.4 Å². The largest absolute Gasteiger partial charge is 0.493 e. The van der Waals surface area contributed by atoms with Gasteiger partial charge in [0, 0.05) is 68.2 Å². The second kappa shape index (κ2) is 11.7. The fourth-order valence-electron chi connectivity index (χ4n) is 4.47. The van der Waals surface area contributed by atoms with Crippen LogP contribution in [0.4, 0.5) is 11.6 Å². The van der Waals surface area contributed by atoms with Crippen molar-refractivity contribution >= 4 is 23.6 Å². The Morgan fingerprint density at radius 1 is 1.03 bits per heavy atom. The van der Waals surface area contributed by atoms with Gasteiger partial charge in [0.15, 0.2) is 0 Å². The van der Waals surface area contributed by atoms with Crippen molar-refractivity contribution in [3.63, 3.8) is 0 Å². The van der Waals surface area contributed by atoms with Gasteiger partial charge < -0.3 is 30.1 Å². The summed E-state index contributed by atoms with van der Waals surface area (Å²) >= 11 is 0. The molecule has 0 saturated carbocycles. The minimum Gasteiger partial charge on any atom is -0.493 e. The van der Waals surface area contributed by atoms with E-state index < -0.39 is 0 Å². The molecular formula is C28H32N6O4. The summed E-state index contributed by atoms with van der Waals surface area (Å²) in [5.74, 6) is 0.778. The Kier molecular flexibility index (Phi) is 7.92. The Balaban J connectivity index is 1.27. The predicted octanol–water partition coefficient (Wildman–Crippen LogP) is 1.98. The highest BCUT2D eigenvalue weighted by molar-refractivity contribution is 6.00. The number of piperazine rings is 1. The highest BCUT2D eigenvalue weighted by Gasteiger charge is 2.25. The maximum Gasteiger partial charge on any atom is 0.250 e. The number of aliphatic hydroxyl groups excluding tert-OH is 2. The van der Waals surface area contributed by atoms with Crippen LogP contribution in [-0.4, -0.2) is 93.9 Å². The normalized spacial score (nSPS) is 15.4. The first-order valence-electron chi connectivity index (χ1n) is 12.7. The smallest absolute Gasteiger partial charge is 0.250 e. The number of amides is 1. The molecule has 38 heavy (non-hydrogen) atoms. The van der Waals surface area contributed by atoms with Crippen molar-refractivity contribution in [3.8, 4) is 17.1 Å². The van der Waals surface area contributed by atoms with E-state index in [0.29, 0.717) is 29.5 Å². The highest BCUT2D eigenvalue weighted by atomic mass is 16.5. The molecule has 0 spiro atoms. The molecule has 0 atom stereocenters. The quantitative estimate of drug-likeness (QED) is 0.392. The van der Waals surface area contributed by atoms with Gasteiger partial charge >= 0.3 is 0 Å². The lowest BCUT2D eigenvalue weighted by Crippen LogP contribution is -2.47. The van der Waals surface area contributed by atoms with Gasteiger partial charge in [-0.3, -0.25) is 9.78 Å². The van der Waals surface area contributed by atoms with Gasteiger partial charge in [0.2, 0.25) is 11.9 Å². The molecule has 10 heteroatoms. The topological polar surface area (TPSA) is 124 Å². The number of carbonyl (C=O) groups excluding carboxylic acids is 1. The lowest BCUT2D eigenvalue weighted by Gasteiger charge is -2.32. The van der Waals surface area contributed by atoms with E-state index in [0.717, 1.165) is 48.6 Å². The Morgan fingerprint density at radius 3 is 2.61 bits per heavy atom. The number of fused-ring (bicyclic) bond motifs is 1. The number of rotatable bonds is 9. The molecule has 0 unspecified atom stereocenters. The van der Waals surface area contributed by atoms with Crippen LogP contribution in [0.2, 0.25) is 0 Å². The van der Waals surface area contributed by atoms with Crippen molar-refractivity contribution in [2.24, 2.45) is 5.92 Å². The van der Waals surface area contributed by atoms with Gasteiger partial charge in [-0.25, -0.2) is 9.97 Å². The highest BCUT2D eigenvalue weighted by Crippen LogP contribution is 2.30. The summed E-state index contributed by atoms with van der Waals surface area (Å²) in [6.07, 6.45) is 5.92. The van der Waals surface area contributed by atoms with Gasteiger partial charge in [0.1, 0.15) is 5.75 Å². The zero-order valence-corrected chi connectivity index (χ0v) is 21.4. The summed E-state index contributed by atoms with van der Waals surface area (Å²) in [4.78, 5) is 30.6. The van der Waals surface area contributed by atoms with E-state index in [9.17, 15) is 15.0 Å². The second-order valence-electron chi connectivity index (χ2n) is 9.66. The number of carbonyl (C=O) groups is 1. The maximum absolute atomic E-state index is 13.0. The summed E-state index contributed by atoms with van der Waals surface area (Å²) in [5, 5.41) is 21.7. The van der Waals surface area contributed by atoms with E-state index in [-0.39, 0.29) is 31.6 Å². The third-order valence-corrected chi connectivity index (χ3v) is 6.83. The predicted molar refractivity (Wildman–Crippen MR) is 144 cm³/mol. The molecule has 1 aromatic carbocycles. The van der Waals surface area contributed by atoms with Crippen molar-refractivity contribution < 1.29 is 19.7 Å². The zero-order valence-electron chi connectivity index (χ0n) is 21.4. The Morgan fingerprint density at radius 2 is 1.82 bits per heavy atom. The SMILES string of the molecule is CN1CCN(C(=O)C2=Cc3cc(Nc4nccc(-c5cc(OCC(CO)CO)ccn5)n4)ccc3C2)CC1. The van der Waals surface area contributed by atoms with Crippen LogP contribution in [0.1, 0.15) is 11.1 Å². The number of hydrogen-bond acceptors (Lipinski definition) is 9. The van der Waals surface area contributed by atoms with Gasteiger partial charge in [-0.05, 0) is 48.5 Å². The molecule has 5 rings (SSSR count). The lowest BCUT2D eigenvalue weighted by atomic mass is 10.1. The molecule has 198 valence electrons. The Labute approximate surface area is 221 Å². The number of likely N-dealkylation sites (N-methyl/N-ethyl adjacent to an activating group) is 1. The number of anilines is 2. The van der Waals surface area contributed by atoms with E-state index >= 15 is 0 Å². The molecule has 1 aliphatic carbocycles. The van der Waals surface area contributed by atoms with Gasteiger partial charge in [-0.2, -0.15) is 0 Å². The van der Waals surface area contributed by atoms with E-state index in [2.05, 4.69) is 32.2 Å².